The number of nitrogens with one attached hydrogen (secondary N) is 2. The minimum atomic E-state index is -0.700. The van der Waals surface area contributed by atoms with Gasteiger partial charge in [-0.15, -0.1) is 11.3 Å². The predicted molar refractivity (Wildman–Crippen MR) is 116 cm³/mol. The van der Waals surface area contributed by atoms with Gasteiger partial charge in [0.05, 0.1) is 26.9 Å². The molecular weight excluding hydrogens is 374 g/mol. The molecule has 1 aromatic carbocycles. The van der Waals surface area contributed by atoms with Gasteiger partial charge in [0.15, 0.2) is 17.5 Å². The third kappa shape index (κ3) is 5.87. The zero-order valence-electron chi connectivity index (χ0n) is 17.3. The van der Waals surface area contributed by atoms with Crippen LogP contribution in [-0.2, 0) is 5.41 Å². The van der Waals surface area contributed by atoms with Crippen molar-refractivity contribution in [2.45, 2.75) is 32.3 Å². The Bertz CT molecular complexity index is 760. The fourth-order valence-electron chi connectivity index (χ4n) is 2.73. The van der Waals surface area contributed by atoms with E-state index in [1.54, 1.807) is 37.7 Å². The molecule has 0 amide bonds. The quantitative estimate of drug-likeness (QED) is 0.441. The van der Waals surface area contributed by atoms with E-state index < -0.39 is 6.10 Å². The molecule has 28 heavy (non-hydrogen) atoms. The molecule has 0 spiro atoms. The summed E-state index contributed by atoms with van der Waals surface area (Å²) in [6, 6.07) is 9.61. The molecule has 1 heterocycles. The molecule has 154 valence electrons. The number of thiophene rings is 1. The number of guanidine groups is 1. The van der Waals surface area contributed by atoms with Crippen molar-refractivity contribution >= 4 is 17.3 Å². The number of aliphatic imine (C=N–C) groups is 1. The van der Waals surface area contributed by atoms with E-state index >= 15 is 0 Å². The lowest BCUT2D eigenvalue weighted by Crippen LogP contribution is -2.40. The maximum atomic E-state index is 10.6. The number of nitrogens with zero attached hydrogens (tertiary/aromatic N) is 1. The van der Waals surface area contributed by atoms with Crippen LogP contribution in [-0.4, -0.2) is 44.9 Å². The third-order valence-electron chi connectivity index (χ3n) is 4.42. The van der Waals surface area contributed by atoms with Crippen LogP contribution in [0.2, 0.25) is 0 Å². The Balaban J connectivity index is 2.02. The molecular formula is C21H31N3O3S. The Morgan fingerprint density at radius 1 is 1.18 bits per heavy atom. The second-order valence-electron chi connectivity index (χ2n) is 7.07. The Hall–Kier alpha value is -2.25. The maximum absolute atomic E-state index is 10.6. The van der Waals surface area contributed by atoms with E-state index in [0.717, 1.165) is 12.1 Å². The minimum absolute atomic E-state index is 0.0432. The smallest absolute Gasteiger partial charge is 0.191 e. The number of hydrogen-bond donors (Lipinski definition) is 3. The van der Waals surface area contributed by atoms with Crippen LogP contribution in [0.25, 0.3) is 0 Å². The minimum Gasteiger partial charge on any atom is -0.493 e. The molecule has 0 saturated carbocycles. The van der Waals surface area contributed by atoms with Crippen LogP contribution >= 0.6 is 11.3 Å². The third-order valence-corrected chi connectivity index (χ3v) is 5.66. The summed E-state index contributed by atoms with van der Waals surface area (Å²) < 4.78 is 10.6. The van der Waals surface area contributed by atoms with Crippen LogP contribution in [0.5, 0.6) is 11.5 Å². The predicted octanol–water partition coefficient (Wildman–Crippen LogP) is 3.33. The van der Waals surface area contributed by atoms with Crippen molar-refractivity contribution in [1.82, 2.24) is 10.6 Å². The molecule has 0 bridgehead atoms. The topological polar surface area (TPSA) is 75.1 Å². The van der Waals surface area contributed by atoms with Gasteiger partial charge in [0, 0.05) is 23.4 Å². The van der Waals surface area contributed by atoms with Crippen molar-refractivity contribution in [2.75, 3.05) is 33.9 Å². The Labute approximate surface area is 171 Å². The Kier molecular flexibility index (Phi) is 8.14. The molecule has 0 aliphatic heterocycles. The second-order valence-corrected chi connectivity index (χ2v) is 8.02. The van der Waals surface area contributed by atoms with Gasteiger partial charge in [-0.05, 0) is 36.1 Å². The molecule has 0 fully saturated rings. The molecule has 1 unspecified atom stereocenters. The van der Waals surface area contributed by atoms with Gasteiger partial charge in [-0.3, -0.25) is 4.99 Å². The standard InChI is InChI=1S/C21H31N3O3S/c1-6-22-20(24-14-21(2,3)19-8-7-11-28-19)23-13-16(25)15-9-10-17(26-4)18(12-15)27-5/h7-12,16,25H,6,13-14H2,1-5H3,(H2,22,23,24). The summed E-state index contributed by atoms with van der Waals surface area (Å²) >= 11 is 1.74. The Morgan fingerprint density at radius 2 is 1.93 bits per heavy atom. The monoisotopic (exact) mass is 405 g/mol. The van der Waals surface area contributed by atoms with Crippen LogP contribution in [0.1, 0.15) is 37.3 Å². The number of aliphatic hydroxyl groups excluding tert-OH is 1. The van der Waals surface area contributed by atoms with E-state index in [1.165, 1.54) is 4.88 Å². The molecule has 2 rings (SSSR count). The molecule has 0 aliphatic rings. The summed E-state index contributed by atoms with van der Waals surface area (Å²) in [6.45, 7) is 8.12. The number of rotatable bonds is 9. The summed E-state index contributed by atoms with van der Waals surface area (Å²) in [5.74, 6) is 1.92. The largest absolute Gasteiger partial charge is 0.493 e. The van der Waals surface area contributed by atoms with Crippen LogP contribution in [0.4, 0.5) is 0 Å². The number of benzene rings is 1. The lowest BCUT2D eigenvalue weighted by molar-refractivity contribution is 0.180. The van der Waals surface area contributed by atoms with Crippen LogP contribution in [0.3, 0.4) is 0 Å². The molecule has 1 atom stereocenters. The average molecular weight is 406 g/mol. The normalized spacial score (nSPS) is 13.1. The maximum Gasteiger partial charge on any atom is 0.191 e. The summed E-state index contributed by atoms with van der Waals surface area (Å²) in [5, 5.41) is 19.1. The highest BCUT2D eigenvalue weighted by atomic mass is 32.1. The highest BCUT2D eigenvalue weighted by Crippen LogP contribution is 2.30. The number of ether oxygens (including phenoxy) is 2. The average Bonchev–Trinajstić information content (AvgIpc) is 3.25. The van der Waals surface area contributed by atoms with E-state index in [4.69, 9.17) is 14.5 Å². The molecule has 0 aliphatic carbocycles. The van der Waals surface area contributed by atoms with Gasteiger partial charge in [-0.1, -0.05) is 26.0 Å². The van der Waals surface area contributed by atoms with Crippen molar-refractivity contribution in [3.8, 4) is 11.5 Å². The highest BCUT2D eigenvalue weighted by molar-refractivity contribution is 7.10. The van der Waals surface area contributed by atoms with Gasteiger partial charge < -0.3 is 25.2 Å². The first kappa shape index (κ1) is 22.0. The molecule has 2 aromatic rings. The summed E-state index contributed by atoms with van der Waals surface area (Å²) in [4.78, 5) is 6.02. The molecule has 3 N–H and O–H groups in total. The lowest BCUT2D eigenvalue weighted by atomic mass is 9.92. The lowest BCUT2D eigenvalue weighted by Gasteiger charge is -2.22. The highest BCUT2D eigenvalue weighted by Gasteiger charge is 2.21. The van der Waals surface area contributed by atoms with Crippen molar-refractivity contribution in [3.63, 3.8) is 0 Å². The zero-order valence-corrected chi connectivity index (χ0v) is 18.1. The van der Waals surface area contributed by atoms with Crippen LogP contribution in [0, 0.1) is 0 Å². The van der Waals surface area contributed by atoms with Crippen LogP contribution < -0.4 is 20.1 Å². The van der Waals surface area contributed by atoms with Gasteiger partial charge in [0.1, 0.15) is 0 Å². The fourth-order valence-corrected chi connectivity index (χ4v) is 3.58. The first-order valence-electron chi connectivity index (χ1n) is 9.37. The van der Waals surface area contributed by atoms with E-state index in [-0.39, 0.29) is 5.41 Å². The first-order chi connectivity index (χ1) is 13.4. The molecule has 0 saturated heterocycles. The van der Waals surface area contributed by atoms with Crippen LogP contribution in [0.15, 0.2) is 40.7 Å². The van der Waals surface area contributed by atoms with Gasteiger partial charge in [0.2, 0.25) is 0 Å². The first-order valence-corrected chi connectivity index (χ1v) is 10.3. The molecule has 7 heteroatoms. The molecule has 1 aromatic heterocycles. The van der Waals surface area contributed by atoms with E-state index in [0.29, 0.717) is 30.5 Å². The van der Waals surface area contributed by atoms with Crippen molar-refractivity contribution < 1.29 is 14.6 Å². The van der Waals surface area contributed by atoms with Crippen molar-refractivity contribution in [1.29, 1.82) is 0 Å². The second kappa shape index (κ2) is 10.3. The van der Waals surface area contributed by atoms with Gasteiger partial charge in [-0.25, -0.2) is 0 Å². The van der Waals surface area contributed by atoms with Crippen molar-refractivity contribution in [3.05, 3.63) is 46.2 Å². The zero-order chi connectivity index (χ0) is 20.6. The Morgan fingerprint density at radius 3 is 2.54 bits per heavy atom. The van der Waals surface area contributed by atoms with Gasteiger partial charge in [0.25, 0.3) is 0 Å². The van der Waals surface area contributed by atoms with E-state index in [1.807, 2.05) is 13.0 Å². The number of hydrogen-bond acceptors (Lipinski definition) is 5. The van der Waals surface area contributed by atoms with Gasteiger partial charge >= 0.3 is 0 Å². The summed E-state index contributed by atoms with van der Waals surface area (Å²) in [5.41, 5.74) is 0.707. The van der Waals surface area contributed by atoms with E-state index in [9.17, 15) is 5.11 Å². The van der Waals surface area contributed by atoms with E-state index in [2.05, 4.69) is 42.0 Å². The number of aliphatic hydroxyl groups is 1. The summed E-state index contributed by atoms with van der Waals surface area (Å²) in [6.07, 6.45) is -0.700. The molecule has 6 nitrogen and oxygen atoms in total. The number of methoxy groups -OCH3 is 2. The fraction of sp³-hybridized carbons (Fsp3) is 0.476. The SMILES string of the molecule is CCNC(=NCC(C)(C)c1cccs1)NCC(O)c1ccc(OC)c(OC)c1. The summed E-state index contributed by atoms with van der Waals surface area (Å²) in [7, 11) is 3.17. The van der Waals surface area contributed by atoms with Crippen molar-refractivity contribution in [2.24, 2.45) is 4.99 Å². The molecule has 0 radical (unpaired) electrons. The van der Waals surface area contributed by atoms with Gasteiger partial charge in [-0.2, -0.15) is 0 Å².